The minimum Gasteiger partial charge on any atom is -0.493 e. The van der Waals surface area contributed by atoms with Crippen molar-refractivity contribution < 1.29 is 9.84 Å². The van der Waals surface area contributed by atoms with E-state index in [0.29, 0.717) is 13.0 Å². The molecule has 0 saturated carbocycles. The van der Waals surface area contributed by atoms with Gasteiger partial charge in [0.05, 0.1) is 12.7 Å². The summed E-state index contributed by atoms with van der Waals surface area (Å²) in [6, 6.07) is 3.96. The summed E-state index contributed by atoms with van der Waals surface area (Å²) in [4.78, 5) is 0. The molecule has 0 aliphatic heterocycles. The highest BCUT2D eigenvalue weighted by molar-refractivity contribution is 6.31. The zero-order chi connectivity index (χ0) is 15.1. The summed E-state index contributed by atoms with van der Waals surface area (Å²) in [5, 5.41) is 10.6. The van der Waals surface area contributed by atoms with Crippen LogP contribution in [0.2, 0.25) is 5.02 Å². The third kappa shape index (κ3) is 4.65. The van der Waals surface area contributed by atoms with Crippen molar-refractivity contribution in [2.45, 2.75) is 52.1 Å². The Labute approximate surface area is 127 Å². The molecular formula is C16H26ClNO2. The molecule has 0 amide bonds. The van der Waals surface area contributed by atoms with E-state index in [4.69, 9.17) is 22.1 Å². The van der Waals surface area contributed by atoms with E-state index in [2.05, 4.69) is 13.8 Å². The highest BCUT2D eigenvalue weighted by Gasteiger charge is 2.19. The number of halogens is 1. The van der Waals surface area contributed by atoms with Crippen LogP contribution in [0.5, 0.6) is 5.75 Å². The SMILES string of the molecule is CCCOc1cc(C)c(Cl)cc1C(CC)CC(O)CN. The molecule has 0 aliphatic rings. The van der Waals surface area contributed by atoms with E-state index in [1.165, 1.54) is 0 Å². The number of hydrogen-bond donors (Lipinski definition) is 2. The third-order valence-electron chi connectivity index (χ3n) is 3.51. The molecule has 0 radical (unpaired) electrons. The number of aliphatic hydroxyl groups is 1. The lowest BCUT2D eigenvalue weighted by Crippen LogP contribution is -2.22. The summed E-state index contributed by atoms with van der Waals surface area (Å²) in [7, 11) is 0. The van der Waals surface area contributed by atoms with Crippen LogP contribution in [0.3, 0.4) is 0 Å². The Kier molecular flexibility index (Phi) is 7.35. The van der Waals surface area contributed by atoms with E-state index < -0.39 is 6.10 Å². The topological polar surface area (TPSA) is 55.5 Å². The number of hydrogen-bond acceptors (Lipinski definition) is 3. The van der Waals surface area contributed by atoms with Gasteiger partial charge in [0.1, 0.15) is 5.75 Å². The van der Waals surface area contributed by atoms with Crippen molar-refractivity contribution in [3.63, 3.8) is 0 Å². The van der Waals surface area contributed by atoms with Crippen LogP contribution in [0.1, 0.15) is 50.2 Å². The molecular weight excluding hydrogens is 274 g/mol. The summed E-state index contributed by atoms with van der Waals surface area (Å²) in [5.74, 6) is 1.09. The molecule has 4 heteroatoms. The van der Waals surface area contributed by atoms with Crippen LogP contribution in [0.4, 0.5) is 0 Å². The van der Waals surface area contributed by atoms with E-state index in [-0.39, 0.29) is 12.5 Å². The number of aliphatic hydroxyl groups excluding tert-OH is 1. The smallest absolute Gasteiger partial charge is 0.123 e. The lowest BCUT2D eigenvalue weighted by Gasteiger charge is -2.22. The molecule has 0 aliphatic carbocycles. The fourth-order valence-electron chi connectivity index (χ4n) is 2.26. The molecule has 114 valence electrons. The highest BCUT2D eigenvalue weighted by Crippen LogP contribution is 2.36. The van der Waals surface area contributed by atoms with Gasteiger partial charge in [-0.15, -0.1) is 0 Å². The lowest BCUT2D eigenvalue weighted by molar-refractivity contribution is 0.161. The lowest BCUT2D eigenvalue weighted by atomic mass is 9.89. The Morgan fingerprint density at radius 2 is 2.05 bits per heavy atom. The molecule has 20 heavy (non-hydrogen) atoms. The van der Waals surface area contributed by atoms with Crippen molar-refractivity contribution in [1.29, 1.82) is 0 Å². The van der Waals surface area contributed by atoms with Crippen LogP contribution < -0.4 is 10.5 Å². The first-order valence-electron chi connectivity index (χ1n) is 7.34. The molecule has 3 N–H and O–H groups in total. The van der Waals surface area contributed by atoms with Gasteiger partial charge in [-0.2, -0.15) is 0 Å². The third-order valence-corrected chi connectivity index (χ3v) is 3.92. The molecule has 1 aromatic carbocycles. The summed E-state index contributed by atoms with van der Waals surface area (Å²) in [5.41, 5.74) is 7.60. The number of aryl methyl sites for hydroxylation is 1. The molecule has 0 heterocycles. The van der Waals surface area contributed by atoms with Crippen LogP contribution in [0.15, 0.2) is 12.1 Å². The van der Waals surface area contributed by atoms with Gasteiger partial charge in [0.15, 0.2) is 0 Å². The Hall–Kier alpha value is -0.770. The summed E-state index contributed by atoms with van der Waals surface area (Å²) >= 11 is 6.25. The first kappa shape index (κ1) is 17.3. The molecule has 0 saturated heterocycles. The first-order chi connectivity index (χ1) is 9.53. The van der Waals surface area contributed by atoms with Crippen LogP contribution in [-0.4, -0.2) is 24.4 Å². The normalized spacial score (nSPS) is 14.1. The molecule has 0 fully saturated rings. The standard InChI is InChI=1S/C16H26ClNO2/c1-4-6-20-16-7-11(3)15(17)9-14(16)12(5-2)8-13(19)10-18/h7,9,12-13,19H,4-6,8,10,18H2,1-3H3. The molecule has 1 aromatic rings. The molecule has 1 rings (SSSR count). The van der Waals surface area contributed by atoms with Gasteiger partial charge in [0, 0.05) is 11.6 Å². The highest BCUT2D eigenvalue weighted by atomic mass is 35.5. The average Bonchev–Trinajstić information content (AvgIpc) is 2.45. The monoisotopic (exact) mass is 299 g/mol. The van der Waals surface area contributed by atoms with E-state index >= 15 is 0 Å². The van der Waals surface area contributed by atoms with Gasteiger partial charge in [0.2, 0.25) is 0 Å². The Bertz CT molecular complexity index is 423. The Balaban J connectivity index is 3.07. The van der Waals surface area contributed by atoms with E-state index in [0.717, 1.165) is 34.7 Å². The number of nitrogens with two attached hydrogens (primary N) is 1. The largest absolute Gasteiger partial charge is 0.493 e. The second kappa shape index (κ2) is 8.50. The maximum absolute atomic E-state index is 9.81. The van der Waals surface area contributed by atoms with Gasteiger partial charge < -0.3 is 15.6 Å². The maximum Gasteiger partial charge on any atom is 0.123 e. The molecule has 0 spiro atoms. The fourth-order valence-corrected chi connectivity index (χ4v) is 2.44. The Morgan fingerprint density at radius 3 is 2.60 bits per heavy atom. The maximum atomic E-state index is 9.81. The second-order valence-electron chi connectivity index (χ2n) is 5.22. The summed E-state index contributed by atoms with van der Waals surface area (Å²) in [6.07, 6.45) is 2.02. The van der Waals surface area contributed by atoms with Gasteiger partial charge in [-0.05, 0) is 55.4 Å². The minimum atomic E-state index is -0.487. The molecule has 2 unspecified atom stereocenters. The van der Waals surface area contributed by atoms with Crippen LogP contribution in [0, 0.1) is 6.92 Å². The quantitative estimate of drug-likeness (QED) is 0.770. The van der Waals surface area contributed by atoms with Gasteiger partial charge in [-0.3, -0.25) is 0 Å². The van der Waals surface area contributed by atoms with Crippen molar-refractivity contribution in [1.82, 2.24) is 0 Å². The van der Waals surface area contributed by atoms with Crippen LogP contribution in [-0.2, 0) is 0 Å². The van der Waals surface area contributed by atoms with E-state index in [9.17, 15) is 5.11 Å². The van der Waals surface area contributed by atoms with Crippen molar-refractivity contribution in [2.24, 2.45) is 5.73 Å². The predicted molar refractivity (Wildman–Crippen MR) is 84.7 cm³/mol. The summed E-state index contributed by atoms with van der Waals surface area (Å²) < 4.78 is 5.85. The van der Waals surface area contributed by atoms with Crippen molar-refractivity contribution in [3.8, 4) is 5.75 Å². The van der Waals surface area contributed by atoms with Crippen molar-refractivity contribution >= 4 is 11.6 Å². The molecule has 3 nitrogen and oxygen atoms in total. The van der Waals surface area contributed by atoms with Crippen LogP contribution in [0.25, 0.3) is 0 Å². The number of ether oxygens (including phenoxy) is 1. The average molecular weight is 300 g/mol. The van der Waals surface area contributed by atoms with Gasteiger partial charge >= 0.3 is 0 Å². The summed E-state index contributed by atoms with van der Waals surface area (Å²) in [6.45, 7) is 7.12. The zero-order valence-electron chi connectivity index (χ0n) is 12.7. The van der Waals surface area contributed by atoms with Crippen molar-refractivity contribution in [3.05, 3.63) is 28.3 Å². The molecule has 2 atom stereocenters. The predicted octanol–water partition coefficient (Wildman–Crippen LogP) is 3.64. The van der Waals surface area contributed by atoms with Gasteiger partial charge in [-0.25, -0.2) is 0 Å². The fraction of sp³-hybridized carbons (Fsp3) is 0.625. The first-order valence-corrected chi connectivity index (χ1v) is 7.72. The second-order valence-corrected chi connectivity index (χ2v) is 5.63. The van der Waals surface area contributed by atoms with Gasteiger partial charge in [-0.1, -0.05) is 25.4 Å². The van der Waals surface area contributed by atoms with Crippen molar-refractivity contribution in [2.75, 3.05) is 13.2 Å². The zero-order valence-corrected chi connectivity index (χ0v) is 13.4. The van der Waals surface area contributed by atoms with Crippen LogP contribution >= 0.6 is 11.6 Å². The van der Waals surface area contributed by atoms with Gasteiger partial charge in [0.25, 0.3) is 0 Å². The Morgan fingerprint density at radius 1 is 1.35 bits per heavy atom. The molecule has 0 aromatic heterocycles. The van der Waals surface area contributed by atoms with E-state index in [1.807, 2.05) is 19.1 Å². The minimum absolute atomic E-state index is 0.207. The number of rotatable bonds is 8. The molecule has 0 bridgehead atoms. The van der Waals surface area contributed by atoms with E-state index in [1.54, 1.807) is 0 Å². The number of benzene rings is 1.